The van der Waals surface area contributed by atoms with Gasteiger partial charge in [-0.25, -0.2) is 4.39 Å². The average molecular weight is 264 g/mol. The summed E-state index contributed by atoms with van der Waals surface area (Å²) in [6.07, 6.45) is 2.22. The fourth-order valence-electron chi connectivity index (χ4n) is 2.41. The molecule has 1 N–H and O–H groups in total. The van der Waals surface area contributed by atoms with Crippen molar-refractivity contribution in [1.82, 2.24) is 10.2 Å². The Bertz CT molecular complexity index is 419. The summed E-state index contributed by atoms with van der Waals surface area (Å²) < 4.78 is 12.7. The van der Waals surface area contributed by atoms with Crippen molar-refractivity contribution in [2.24, 2.45) is 0 Å². The van der Waals surface area contributed by atoms with E-state index in [2.05, 4.69) is 12.2 Å². The van der Waals surface area contributed by atoms with Gasteiger partial charge in [-0.1, -0.05) is 12.1 Å². The lowest BCUT2D eigenvalue weighted by atomic mass is 10.1. The first-order valence-electron chi connectivity index (χ1n) is 6.91. The number of nitrogens with zero attached hydrogens (tertiary/aromatic N) is 1. The number of benzene rings is 1. The van der Waals surface area contributed by atoms with Crippen LogP contribution in [0.1, 0.15) is 25.3 Å². The van der Waals surface area contributed by atoms with Gasteiger partial charge in [0, 0.05) is 32.1 Å². The van der Waals surface area contributed by atoms with Crippen molar-refractivity contribution in [1.29, 1.82) is 0 Å². The predicted octanol–water partition coefficient (Wildman–Crippen LogP) is 1.97. The smallest absolute Gasteiger partial charge is 0.222 e. The lowest BCUT2D eigenvalue weighted by Crippen LogP contribution is -2.51. The topological polar surface area (TPSA) is 32.3 Å². The zero-order chi connectivity index (χ0) is 13.7. The minimum Gasteiger partial charge on any atom is -0.340 e. The number of carbonyl (C=O) groups excluding carboxylic acids is 1. The normalized spacial score (nSPS) is 19.5. The molecule has 0 aromatic heterocycles. The van der Waals surface area contributed by atoms with Crippen molar-refractivity contribution >= 4 is 5.91 Å². The molecule has 0 bridgehead atoms. The molecule has 0 aliphatic carbocycles. The van der Waals surface area contributed by atoms with Crippen molar-refractivity contribution in [2.45, 2.75) is 32.2 Å². The number of amides is 1. The third kappa shape index (κ3) is 4.31. The molecule has 1 aromatic rings. The van der Waals surface area contributed by atoms with Gasteiger partial charge in [0.1, 0.15) is 5.82 Å². The van der Waals surface area contributed by atoms with E-state index in [-0.39, 0.29) is 11.7 Å². The molecule has 4 heteroatoms. The van der Waals surface area contributed by atoms with Crippen LogP contribution in [0.3, 0.4) is 0 Å². The molecule has 1 amide bonds. The third-order valence-corrected chi connectivity index (χ3v) is 3.49. The number of nitrogens with one attached hydrogen (secondary N) is 1. The van der Waals surface area contributed by atoms with Crippen LogP contribution in [0.5, 0.6) is 0 Å². The van der Waals surface area contributed by atoms with Crippen molar-refractivity contribution in [3.8, 4) is 0 Å². The van der Waals surface area contributed by atoms with Gasteiger partial charge in [0.25, 0.3) is 0 Å². The van der Waals surface area contributed by atoms with Gasteiger partial charge in [0.2, 0.25) is 5.91 Å². The summed E-state index contributed by atoms with van der Waals surface area (Å²) >= 11 is 0. The predicted molar refractivity (Wildman–Crippen MR) is 73.4 cm³/mol. The van der Waals surface area contributed by atoms with Gasteiger partial charge in [0.05, 0.1) is 0 Å². The molecule has 19 heavy (non-hydrogen) atoms. The van der Waals surface area contributed by atoms with Crippen LogP contribution in [-0.2, 0) is 11.2 Å². The van der Waals surface area contributed by atoms with E-state index in [0.29, 0.717) is 12.5 Å². The zero-order valence-electron chi connectivity index (χ0n) is 11.4. The molecule has 1 aromatic carbocycles. The molecule has 3 nitrogen and oxygen atoms in total. The highest BCUT2D eigenvalue weighted by atomic mass is 19.1. The van der Waals surface area contributed by atoms with Crippen LogP contribution in [0.2, 0.25) is 0 Å². The second kappa shape index (κ2) is 6.66. The van der Waals surface area contributed by atoms with Crippen molar-refractivity contribution < 1.29 is 9.18 Å². The van der Waals surface area contributed by atoms with Crippen LogP contribution in [0.4, 0.5) is 4.39 Å². The second-order valence-electron chi connectivity index (χ2n) is 5.17. The molecule has 1 atom stereocenters. The van der Waals surface area contributed by atoms with Crippen LogP contribution < -0.4 is 5.32 Å². The molecule has 104 valence electrons. The first-order chi connectivity index (χ1) is 9.15. The molecular formula is C15H21FN2O. The Morgan fingerprint density at radius 1 is 1.42 bits per heavy atom. The monoisotopic (exact) mass is 264 g/mol. The Kier molecular flexibility index (Phi) is 4.91. The fraction of sp³-hybridized carbons (Fsp3) is 0.533. The first kappa shape index (κ1) is 14.0. The van der Waals surface area contributed by atoms with Crippen LogP contribution in [-0.4, -0.2) is 36.5 Å². The van der Waals surface area contributed by atoms with Gasteiger partial charge in [-0.3, -0.25) is 4.79 Å². The van der Waals surface area contributed by atoms with Crippen molar-refractivity contribution in [3.05, 3.63) is 35.6 Å². The Morgan fingerprint density at radius 3 is 2.84 bits per heavy atom. The van der Waals surface area contributed by atoms with Gasteiger partial charge >= 0.3 is 0 Å². The van der Waals surface area contributed by atoms with E-state index in [1.165, 1.54) is 12.1 Å². The molecule has 1 unspecified atom stereocenters. The van der Waals surface area contributed by atoms with E-state index in [9.17, 15) is 9.18 Å². The van der Waals surface area contributed by atoms with Crippen LogP contribution in [0, 0.1) is 5.82 Å². The summed E-state index contributed by atoms with van der Waals surface area (Å²) in [5.74, 6) is 0.0186. The molecule has 1 fully saturated rings. The molecule has 0 radical (unpaired) electrons. The average Bonchev–Trinajstić information content (AvgIpc) is 2.41. The van der Waals surface area contributed by atoms with Crippen molar-refractivity contribution in [3.63, 3.8) is 0 Å². The molecular weight excluding hydrogens is 243 g/mol. The quantitative estimate of drug-likeness (QED) is 0.901. The van der Waals surface area contributed by atoms with Gasteiger partial charge in [-0.05, 0) is 37.5 Å². The minimum atomic E-state index is -0.213. The SMILES string of the molecule is CC1CN(C(=O)CCCc2ccc(F)cc2)CCN1. The maximum Gasteiger partial charge on any atom is 0.222 e. The number of piperazine rings is 1. The summed E-state index contributed by atoms with van der Waals surface area (Å²) in [7, 11) is 0. The number of rotatable bonds is 4. The summed E-state index contributed by atoms with van der Waals surface area (Å²) in [5, 5.41) is 3.32. The van der Waals surface area contributed by atoms with Crippen LogP contribution >= 0.6 is 0 Å². The molecule has 1 heterocycles. The Balaban J connectivity index is 1.73. The number of halogens is 1. The zero-order valence-corrected chi connectivity index (χ0v) is 11.4. The molecule has 0 saturated carbocycles. The first-order valence-corrected chi connectivity index (χ1v) is 6.91. The standard InChI is InChI=1S/C15H21FN2O/c1-12-11-18(10-9-17-12)15(19)4-2-3-13-5-7-14(16)8-6-13/h5-8,12,17H,2-4,9-11H2,1H3. The molecule has 2 rings (SSSR count). The lowest BCUT2D eigenvalue weighted by Gasteiger charge is -2.32. The number of hydrogen-bond acceptors (Lipinski definition) is 2. The summed E-state index contributed by atoms with van der Waals surface area (Å²) in [5.41, 5.74) is 1.09. The van der Waals surface area contributed by atoms with Gasteiger partial charge in [0.15, 0.2) is 0 Å². The fourth-order valence-corrected chi connectivity index (χ4v) is 2.41. The van der Waals surface area contributed by atoms with Crippen LogP contribution in [0.15, 0.2) is 24.3 Å². The highest BCUT2D eigenvalue weighted by Crippen LogP contribution is 2.09. The maximum absolute atomic E-state index is 12.7. The third-order valence-electron chi connectivity index (χ3n) is 3.49. The van der Waals surface area contributed by atoms with E-state index >= 15 is 0 Å². The Morgan fingerprint density at radius 2 is 2.16 bits per heavy atom. The largest absolute Gasteiger partial charge is 0.340 e. The minimum absolute atomic E-state index is 0.213. The number of carbonyl (C=O) groups is 1. The molecule has 1 aliphatic heterocycles. The van der Waals surface area contributed by atoms with E-state index in [1.54, 1.807) is 12.1 Å². The van der Waals surface area contributed by atoms with Gasteiger partial charge in [-0.2, -0.15) is 0 Å². The highest BCUT2D eigenvalue weighted by Gasteiger charge is 2.19. The lowest BCUT2D eigenvalue weighted by molar-refractivity contribution is -0.132. The van der Waals surface area contributed by atoms with E-state index < -0.39 is 0 Å². The van der Waals surface area contributed by atoms with Crippen LogP contribution in [0.25, 0.3) is 0 Å². The van der Waals surface area contributed by atoms with Crippen molar-refractivity contribution in [2.75, 3.05) is 19.6 Å². The highest BCUT2D eigenvalue weighted by molar-refractivity contribution is 5.76. The van der Waals surface area contributed by atoms with E-state index in [4.69, 9.17) is 0 Å². The molecule has 1 saturated heterocycles. The summed E-state index contributed by atoms with van der Waals surface area (Å²) in [6.45, 7) is 4.58. The summed E-state index contributed by atoms with van der Waals surface area (Å²) in [6, 6.07) is 6.89. The second-order valence-corrected chi connectivity index (χ2v) is 5.17. The Hall–Kier alpha value is -1.42. The van der Waals surface area contributed by atoms with E-state index in [1.807, 2.05) is 4.90 Å². The van der Waals surface area contributed by atoms with E-state index in [0.717, 1.165) is 38.0 Å². The van der Waals surface area contributed by atoms with Gasteiger partial charge in [-0.15, -0.1) is 0 Å². The molecule has 0 spiro atoms. The summed E-state index contributed by atoms with van der Waals surface area (Å²) in [4.78, 5) is 14.0. The maximum atomic E-state index is 12.7. The number of aryl methyl sites for hydroxylation is 1. The number of hydrogen-bond donors (Lipinski definition) is 1. The van der Waals surface area contributed by atoms with Gasteiger partial charge < -0.3 is 10.2 Å². The molecule has 1 aliphatic rings. The Labute approximate surface area is 113 Å².